The van der Waals surface area contributed by atoms with Gasteiger partial charge in [0.25, 0.3) is 5.91 Å². The first-order valence-electron chi connectivity index (χ1n) is 4.64. The van der Waals surface area contributed by atoms with Crippen LogP contribution >= 0.6 is 0 Å². The lowest BCUT2D eigenvalue weighted by Crippen LogP contribution is -2.28. The minimum Gasteiger partial charge on any atom is -0.368 e. The fraction of sp³-hybridized carbons (Fsp3) is 0.273. The van der Waals surface area contributed by atoms with E-state index in [1.807, 2.05) is 6.07 Å². The largest absolute Gasteiger partial charge is 0.368 e. The van der Waals surface area contributed by atoms with E-state index in [-0.39, 0.29) is 5.56 Å². The van der Waals surface area contributed by atoms with Crippen LogP contribution in [0.15, 0.2) is 18.2 Å². The molecular weight excluding hydrogens is 209 g/mol. The first kappa shape index (κ1) is 12.0. The van der Waals surface area contributed by atoms with Crippen molar-refractivity contribution in [2.75, 3.05) is 5.32 Å². The van der Waals surface area contributed by atoms with E-state index in [2.05, 4.69) is 5.32 Å². The van der Waals surface area contributed by atoms with Crippen molar-refractivity contribution < 1.29 is 9.18 Å². The van der Waals surface area contributed by atoms with Crippen LogP contribution in [-0.2, 0) is 0 Å². The summed E-state index contributed by atoms with van der Waals surface area (Å²) in [4.78, 5) is 10.8. The molecule has 0 atom stereocenters. The molecule has 1 aromatic carbocycles. The molecule has 5 heteroatoms. The highest BCUT2D eigenvalue weighted by Crippen LogP contribution is 2.18. The van der Waals surface area contributed by atoms with Crippen molar-refractivity contribution in [2.24, 2.45) is 5.73 Å². The number of nitrogens with zero attached hydrogens (tertiary/aromatic N) is 1. The quantitative estimate of drug-likeness (QED) is 0.814. The molecule has 1 aromatic rings. The van der Waals surface area contributed by atoms with Gasteiger partial charge in [0.15, 0.2) is 0 Å². The normalized spacial score (nSPS) is 10.6. The lowest BCUT2D eigenvalue weighted by Gasteiger charge is -2.19. The van der Waals surface area contributed by atoms with E-state index < -0.39 is 17.3 Å². The van der Waals surface area contributed by atoms with E-state index in [9.17, 15) is 9.18 Å². The molecule has 0 heterocycles. The van der Waals surface area contributed by atoms with Gasteiger partial charge in [0.1, 0.15) is 11.4 Å². The molecule has 3 N–H and O–H groups in total. The van der Waals surface area contributed by atoms with Crippen LogP contribution in [0.2, 0.25) is 0 Å². The van der Waals surface area contributed by atoms with E-state index in [1.54, 1.807) is 13.8 Å². The average Bonchev–Trinajstić information content (AvgIpc) is 2.16. The number of benzene rings is 1. The smallest absolute Gasteiger partial charge is 0.251 e. The van der Waals surface area contributed by atoms with Gasteiger partial charge in [0.05, 0.1) is 11.6 Å². The second kappa shape index (κ2) is 4.19. The molecule has 4 nitrogen and oxygen atoms in total. The van der Waals surface area contributed by atoms with Gasteiger partial charge in [-0.1, -0.05) is 0 Å². The van der Waals surface area contributed by atoms with Gasteiger partial charge in [0.2, 0.25) is 0 Å². The second-order valence-corrected chi connectivity index (χ2v) is 3.92. The minimum atomic E-state index is -0.816. The number of nitrogens with one attached hydrogen (secondary N) is 1. The molecule has 84 valence electrons. The van der Waals surface area contributed by atoms with Crippen LogP contribution in [0.3, 0.4) is 0 Å². The predicted octanol–water partition coefficient (Wildman–Crippen LogP) is 1.64. The molecule has 1 amide bonds. The summed E-state index contributed by atoms with van der Waals surface area (Å²) in [7, 11) is 0. The maximum atomic E-state index is 13.4. The van der Waals surface area contributed by atoms with Gasteiger partial charge in [0, 0.05) is 5.69 Å². The highest BCUT2D eigenvalue weighted by molar-refractivity contribution is 5.93. The van der Waals surface area contributed by atoms with Gasteiger partial charge >= 0.3 is 0 Å². The van der Waals surface area contributed by atoms with Gasteiger partial charge in [-0.05, 0) is 32.0 Å². The van der Waals surface area contributed by atoms with E-state index in [0.717, 1.165) is 6.07 Å². The Bertz CT molecular complexity index is 463. The molecule has 0 aliphatic rings. The Morgan fingerprint density at radius 3 is 2.62 bits per heavy atom. The molecule has 0 aromatic heterocycles. The van der Waals surface area contributed by atoms with E-state index in [0.29, 0.717) is 5.69 Å². The third kappa shape index (κ3) is 2.70. The number of halogens is 1. The Balaban J connectivity index is 2.99. The monoisotopic (exact) mass is 221 g/mol. The molecule has 0 saturated heterocycles. The third-order valence-corrected chi connectivity index (χ3v) is 1.97. The van der Waals surface area contributed by atoms with Crippen molar-refractivity contribution in [3.05, 3.63) is 29.6 Å². The number of anilines is 1. The molecule has 0 aliphatic carbocycles. The summed E-state index contributed by atoms with van der Waals surface area (Å²) < 4.78 is 13.4. The molecular formula is C11H12FN3O. The molecule has 0 fully saturated rings. The molecule has 16 heavy (non-hydrogen) atoms. The fourth-order valence-electron chi connectivity index (χ4n) is 1.18. The molecule has 0 saturated carbocycles. The maximum absolute atomic E-state index is 13.4. The number of hydrogen-bond donors (Lipinski definition) is 2. The average molecular weight is 221 g/mol. The molecule has 0 aliphatic heterocycles. The van der Waals surface area contributed by atoms with Crippen molar-refractivity contribution in [2.45, 2.75) is 19.4 Å². The lowest BCUT2D eigenvalue weighted by molar-refractivity contribution is 0.0996. The van der Waals surface area contributed by atoms with Crippen LogP contribution in [-0.4, -0.2) is 11.4 Å². The Hall–Kier alpha value is -2.09. The fourth-order valence-corrected chi connectivity index (χ4v) is 1.18. The summed E-state index contributed by atoms with van der Waals surface area (Å²) in [6.45, 7) is 3.32. The van der Waals surface area contributed by atoms with Gasteiger partial charge in [-0.2, -0.15) is 5.26 Å². The van der Waals surface area contributed by atoms with Crippen LogP contribution in [0.25, 0.3) is 0 Å². The van der Waals surface area contributed by atoms with Crippen molar-refractivity contribution in [3.8, 4) is 6.07 Å². The van der Waals surface area contributed by atoms with E-state index in [4.69, 9.17) is 11.0 Å². The van der Waals surface area contributed by atoms with E-state index >= 15 is 0 Å². The molecule has 0 unspecified atom stereocenters. The number of carbonyl (C=O) groups is 1. The minimum absolute atomic E-state index is 0.166. The first-order valence-corrected chi connectivity index (χ1v) is 4.64. The second-order valence-electron chi connectivity index (χ2n) is 3.92. The Morgan fingerprint density at radius 2 is 2.19 bits per heavy atom. The Morgan fingerprint density at radius 1 is 1.56 bits per heavy atom. The van der Waals surface area contributed by atoms with Gasteiger partial charge in [-0.25, -0.2) is 4.39 Å². The number of nitriles is 1. The Kier molecular flexibility index (Phi) is 3.14. The van der Waals surface area contributed by atoms with Crippen LogP contribution in [0, 0.1) is 17.1 Å². The predicted molar refractivity (Wildman–Crippen MR) is 58.2 cm³/mol. The molecule has 1 rings (SSSR count). The highest BCUT2D eigenvalue weighted by Gasteiger charge is 2.17. The van der Waals surface area contributed by atoms with Gasteiger partial charge in [-0.15, -0.1) is 0 Å². The summed E-state index contributed by atoms with van der Waals surface area (Å²) in [5.74, 6) is -1.52. The zero-order chi connectivity index (χ0) is 12.3. The summed E-state index contributed by atoms with van der Waals surface area (Å²) in [5.41, 5.74) is 4.42. The Labute approximate surface area is 92.9 Å². The van der Waals surface area contributed by atoms with Crippen molar-refractivity contribution >= 4 is 11.6 Å². The molecule has 0 bridgehead atoms. The summed E-state index contributed by atoms with van der Waals surface area (Å²) in [6, 6.07) is 5.95. The van der Waals surface area contributed by atoms with Crippen LogP contribution < -0.4 is 11.1 Å². The summed E-state index contributed by atoms with van der Waals surface area (Å²) in [5, 5.41) is 11.6. The number of nitrogens with two attached hydrogens (primary N) is 1. The lowest BCUT2D eigenvalue weighted by atomic mass is 10.1. The number of amides is 1. The maximum Gasteiger partial charge on any atom is 0.251 e. The zero-order valence-corrected chi connectivity index (χ0v) is 9.04. The van der Waals surface area contributed by atoms with Gasteiger partial charge in [-0.3, -0.25) is 4.79 Å². The third-order valence-electron chi connectivity index (χ3n) is 1.97. The van der Waals surface area contributed by atoms with Gasteiger partial charge < -0.3 is 11.1 Å². The SMILES string of the molecule is CC(C)(C#N)Nc1ccc(C(N)=O)c(F)c1. The number of hydrogen-bond acceptors (Lipinski definition) is 3. The van der Waals surface area contributed by atoms with Crippen LogP contribution in [0.5, 0.6) is 0 Å². The van der Waals surface area contributed by atoms with Crippen molar-refractivity contribution in [1.82, 2.24) is 0 Å². The number of primary amides is 1. The molecule has 0 spiro atoms. The number of carbonyl (C=O) groups excluding carboxylic acids is 1. The summed E-state index contributed by atoms with van der Waals surface area (Å²) in [6.07, 6.45) is 0. The highest BCUT2D eigenvalue weighted by atomic mass is 19.1. The van der Waals surface area contributed by atoms with Crippen LogP contribution in [0.4, 0.5) is 10.1 Å². The first-order chi connectivity index (χ1) is 7.35. The van der Waals surface area contributed by atoms with E-state index in [1.165, 1.54) is 12.1 Å². The van der Waals surface area contributed by atoms with Crippen molar-refractivity contribution in [1.29, 1.82) is 5.26 Å². The topological polar surface area (TPSA) is 78.9 Å². The summed E-state index contributed by atoms with van der Waals surface area (Å²) >= 11 is 0. The zero-order valence-electron chi connectivity index (χ0n) is 9.04. The van der Waals surface area contributed by atoms with Crippen molar-refractivity contribution in [3.63, 3.8) is 0 Å². The standard InChI is InChI=1S/C11H12FN3O/c1-11(2,6-13)15-7-3-4-8(10(14)16)9(12)5-7/h3-5,15H,1-2H3,(H2,14,16). The number of rotatable bonds is 3. The molecule has 0 radical (unpaired) electrons. The van der Waals surface area contributed by atoms with Crippen LogP contribution in [0.1, 0.15) is 24.2 Å².